The summed E-state index contributed by atoms with van der Waals surface area (Å²) in [5.41, 5.74) is 24.2. The number of nitrogens with zero attached hydrogens (tertiary/aromatic N) is 6. The van der Waals surface area contributed by atoms with E-state index in [4.69, 9.17) is 29.4 Å². The first-order valence-corrected chi connectivity index (χ1v) is 31.0. The summed E-state index contributed by atoms with van der Waals surface area (Å²) >= 11 is 0. The van der Waals surface area contributed by atoms with E-state index in [2.05, 4.69) is 277 Å². The fourth-order valence-electron chi connectivity index (χ4n) is 14.3. The first-order chi connectivity index (χ1) is 45.5. The molecular formula is C84H54N6O2. The lowest BCUT2D eigenvalue weighted by molar-refractivity contribution is 0.414. The normalized spacial score (nSPS) is 11.8. The van der Waals surface area contributed by atoms with Gasteiger partial charge in [0.25, 0.3) is 0 Å². The van der Waals surface area contributed by atoms with E-state index >= 15 is 0 Å². The van der Waals surface area contributed by atoms with Crippen molar-refractivity contribution in [3.8, 4) is 101 Å². The molecule has 0 atom stereocenters. The van der Waals surface area contributed by atoms with Gasteiger partial charge < -0.3 is 19.3 Å². The highest BCUT2D eigenvalue weighted by Gasteiger charge is 2.31. The summed E-state index contributed by atoms with van der Waals surface area (Å²) < 4.78 is 11.2. The molecule has 8 nitrogen and oxygen atoms in total. The van der Waals surface area contributed by atoms with E-state index in [0.29, 0.717) is 11.3 Å². The van der Waals surface area contributed by atoms with Crippen molar-refractivity contribution in [3.05, 3.63) is 291 Å². The number of hydrogen-bond donors (Lipinski definition) is 0. The Hall–Kier alpha value is -12.3. The molecule has 16 aromatic rings. The number of anilines is 6. The van der Waals surface area contributed by atoms with Gasteiger partial charge in [-0.25, -0.2) is 19.9 Å². The number of pyridine rings is 4. The van der Waals surface area contributed by atoms with E-state index < -0.39 is 0 Å². The smallest absolute Gasteiger partial charge is 0.160 e. The minimum Gasteiger partial charge on any atom is -0.497 e. The zero-order valence-electron chi connectivity index (χ0n) is 50.2. The van der Waals surface area contributed by atoms with Crippen LogP contribution in [0.25, 0.3) is 144 Å². The fraction of sp³-hybridized carbons (Fsp3) is 0.0238. The van der Waals surface area contributed by atoms with Gasteiger partial charge in [0.1, 0.15) is 11.5 Å². The Bertz CT molecular complexity index is 5300. The highest BCUT2D eigenvalue weighted by atomic mass is 16.5. The zero-order valence-corrected chi connectivity index (χ0v) is 50.2. The number of ether oxygens (including phenoxy) is 2. The number of para-hydroxylation sites is 2. The van der Waals surface area contributed by atoms with Crippen LogP contribution in [-0.4, -0.2) is 34.2 Å². The number of fused-ring (bicyclic) bond motifs is 9. The Morgan fingerprint density at radius 3 is 0.967 bits per heavy atom. The number of hydrogen-bond acceptors (Lipinski definition) is 8. The number of benzene rings is 12. The van der Waals surface area contributed by atoms with Gasteiger partial charge in [-0.15, -0.1) is 0 Å². The van der Waals surface area contributed by atoms with Gasteiger partial charge in [0.2, 0.25) is 0 Å². The number of aromatic nitrogens is 4. The minimum absolute atomic E-state index is 0.693. The molecule has 4 heterocycles. The summed E-state index contributed by atoms with van der Waals surface area (Å²) in [6.45, 7) is 0. The summed E-state index contributed by atoms with van der Waals surface area (Å²) in [6.07, 6.45) is 0. The maximum atomic E-state index is 5.59. The van der Waals surface area contributed by atoms with Crippen molar-refractivity contribution >= 4 is 88.5 Å². The molecule has 0 bridgehead atoms. The van der Waals surface area contributed by atoms with Gasteiger partial charge in [-0.3, -0.25) is 0 Å². The van der Waals surface area contributed by atoms with E-state index in [1.165, 1.54) is 10.8 Å². The molecule has 18 rings (SSSR count). The van der Waals surface area contributed by atoms with Crippen LogP contribution in [0.4, 0.5) is 34.1 Å². The van der Waals surface area contributed by atoms with Crippen molar-refractivity contribution < 1.29 is 9.47 Å². The molecule has 0 aliphatic heterocycles. The summed E-state index contributed by atoms with van der Waals surface area (Å²) in [5.74, 6) is 1.62. The van der Waals surface area contributed by atoms with Gasteiger partial charge in [-0.2, -0.15) is 0 Å². The quantitative estimate of drug-likeness (QED) is 0.120. The SMILES string of the molecule is COc1ccc(N(c2ccccc2)c2ccc3c4c(cccc24)-c2nc4nc(-c5ccccc5)c(-c5ccc(-c6cc7cc8c(nc7nc6-c6ccccc6)-c6cccc7c(N(c9ccccc9)c9ccc(OC)cc9)ccc-8c67)c6ccccc56)cc4cc2-3)cc1. The third-order valence-electron chi connectivity index (χ3n) is 18.5. The number of methoxy groups -OCH3 is 2. The molecule has 432 valence electrons. The third-order valence-corrected chi connectivity index (χ3v) is 18.5. The van der Waals surface area contributed by atoms with Crippen LogP contribution in [0.15, 0.2) is 291 Å². The molecule has 0 N–H and O–H groups in total. The lowest BCUT2D eigenvalue weighted by atomic mass is 9.88. The third kappa shape index (κ3) is 8.38. The van der Waals surface area contributed by atoms with E-state index in [1.54, 1.807) is 14.2 Å². The Balaban J connectivity index is 0.781. The van der Waals surface area contributed by atoms with Gasteiger partial charge in [-0.05, 0) is 142 Å². The predicted octanol–water partition coefficient (Wildman–Crippen LogP) is 22.0. The molecule has 92 heavy (non-hydrogen) atoms. The van der Waals surface area contributed by atoms with Gasteiger partial charge in [0, 0.05) is 99.6 Å². The van der Waals surface area contributed by atoms with E-state index in [0.717, 1.165) is 167 Å². The molecule has 2 aliphatic rings. The lowest BCUT2D eigenvalue weighted by Gasteiger charge is -2.27. The number of rotatable bonds is 12. The molecule has 12 aromatic carbocycles. The fourth-order valence-corrected chi connectivity index (χ4v) is 14.3. The van der Waals surface area contributed by atoms with Crippen molar-refractivity contribution in [2.24, 2.45) is 0 Å². The Labute approximate surface area is 531 Å². The van der Waals surface area contributed by atoms with Crippen LogP contribution in [0.1, 0.15) is 0 Å². The molecule has 8 heteroatoms. The molecule has 0 saturated heterocycles. The predicted molar refractivity (Wildman–Crippen MR) is 378 cm³/mol. The highest BCUT2D eigenvalue weighted by Crippen LogP contribution is 2.54. The van der Waals surface area contributed by atoms with Gasteiger partial charge in [0.15, 0.2) is 11.3 Å². The van der Waals surface area contributed by atoms with Gasteiger partial charge in [-0.1, -0.05) is 182 Å². The summed E-state index contributed by atoms with van der Waals surface area (Å²) in [6, 6.07) is 104. The van der Waals surface area contributed by atoms with E-state index in [1.807, 2.05) is 24.3 Å². The Morgan fingerprint density at radius 1 is 0.250 bits per heavy atom. The summed E-state index contributed by atoms with van der Waals surface area (Å²) in [4.78, 5) is 26.9. The van der Waals surface area contributed by atoms with Crippen molar-refractivity contribution in [2.45, 2.75) is 0 Å². The van der Waals surface area contributed by atoms with Crippen LogP contribution < -0.4 is 19.3 Å². The second-order valence-corrected chi connectivity index (χ2v) is 23.5. The molecular weight excluding hydrogens is 1120 g/mol. The second-order valence-electron chi connectivity index (χ2n) is 23.5. The van der Waals surface area contributed by atoms with Crippen LogP contribution in [0.3, 0.4) is 0 Å². The highest BCUT2D eigenvalue weighted by molar-refractivity contribution is 6.22. The van der Waals surface area contributed by atoms with Crippen molar-refractivity contribution in [1.82, 2.24) is 19.9 Å². The Kier molecular flexibility index (Phi) is 12.2. The molecule has 4 aromatic heterocycles. The molecule has 0 saturated carbocycles. The summed E-state index contributed by atoms with van der Waals surface area (Å²) in [7, 11) is 3.41. The molecule has 0 spiro atoms. The minimum atomic E-state index is 0.693. The topological polar surface area (TPSA) is 76.5 Å². The zero-order chi connectivity index (χ0) is 61.0. The van der Waals surface area contributed by atoms with E-state index in [-0.39, 0.29) is 0 Å². The van der Waals surface area contributed by atoms with E-state index in [9.17, 15) is 0 Å². The average molecular weight is 1180 g/mol. The largest absolute Gasteiger partial charge is 0.497 e. The molecule has 2 aliphatic carbocycles. The monoisotopic (exact) mass is 1180 g/mol. The molecule has 0 amide bonds. The molecule has 0 radical (unpaired) electrons. The maximum absolute atomic E-state index is 5.59. The average Bonchev–Trinajstić information content (AvgIpc) is 1.54. The van der Waals surface area contributed by atoms with Crippen LogP contribution in [0.2, 0.25) is 0 Å². The van der Waals surface area contributed by atoms with Crippen molar-refractivity contribution in [3.63, 3.8) is 0 Å². The standard InChI is InChI=1S/C84H54N6O2/c1-91-59-37-33-57(34-38-59)89(55-23-11-5-12-24-55)75-45-43-65-73-49-53-47-71(79(51-19-7-3-8-20-51)85-83(53)87-81(73)69-31-17-29-67(75)77(65)69)63-41-42-64(62-28-16-15-27-61(62)63)72-48-54-50-74-66-44-46-76(90(56-25-13-6-14-26-56)58-35-39-60(92-2)40-36-58)68-30-18-32-70(78(66)68)82(74)88-84(54)86-80(72)52-21-9-4-10-22-52/h3-50H,1-2H3. The second kappa shape index (κ2) is 21.2. The molecule has 0 unspecified atom stereocenters. The lowest BCUT2D eigenvalue weighted by Crippen LogP contribution is -2.10. The van der Waals surface area contributed by atoms with Crippen molar-refractivity contribution in [1.29, 1.82) is 0 Å². The van der Waals surface area contributed by atoms with Crippen molar-refractivity contribution in [2.75, 3.05) is 24.0 Å². The first-order valence-electron chi connectivity index (χ1n) is 31.0. The molecule has 0 fully saturated rings. The van der Waals surface area contributed by atoms with Gasteiger partial charge in [0.05, 0.1) is 48.4 Å². The Morgan fingerprint density at radius 2 is 0.576 bits per heavy atom. The van der Waals surface area contributed by atoms with Crippen LogP contribution in [0, 0.1) is 0 Å². The van der Waals surface area contributed by atoms with Crippen LogP contribution >= 0.6 is 0 Å². The first kappa shape index (κ1) is 52.8. The van der Waals surface area contributed by atoms with Gasteiger partial charge >= 0.3 is 0 Å². The summed E-state index contributed by atoms with van der Waals surface area (Å²) in [5, 5.41) is 8.76. The van der Waals surface area contributed by atoms with Crippen LogP contribution in [-0.2, 0) is 0 Å². The van der Waals surface area contributed by atoms with Crippen LogP contribution in [0.5, 0.6) is 11.5 Å². The maximum Gasteiger partial charge on any atom is 0.160 e.